The van der Waals surface area contributed by atoms with Gasteiger partial charge in [0.25, 0.3) is 11.3 Å². The number of fused-ring (bicyclic) bond motifs is 1. The first-order chi connectivity index (χ1) is 14.5. The highest BCUT2D eigenvalue weighted by Gasteiger charge is 2.31. The lowest BCUT2D eigenvalue weighted by Crippen LogP contribution is -2.24. The Labute approximate surface area is 173 Å². The third kappa shape index (κ3) is 3.23. The van der Waals surface area contributed by atoms with E-state index in [1.54, 1.807) is 0 Å². The van der Waals surface area contributed by atoms with E-state index in [0.717, 1.165) is 10.1 Å². The summed E-state index contributed by atoms with van der Waals surface area (Å²) in [6.07, 6.45) is 1.93. The van der Waals surface area contributed by atoms with E-state index in [4.69, 9.17) is 25.3 Å². The Morgan fingerprint density at radius 1 is 1.23 bits per heavy atom. The summed E-state index contributed by atoms with van der Waals surface area (Å²) in [5, 5.41) is 4.73. The van der Waals surface area contributed by atoms with Crippen molar-refractivity contribution in [3.63, 3.8) is 0 Å². The second-order valence-electron chi connectivity index (χ2n) is 7.11. The van der Waals surface area contributed by atoms with Crippen LogP contribution in [0.4, 0.5) is 0 Å². The minimum atomic E-state index is -0.649. The molecule has 0 bridgehead atoms. The van der Waals surface area contributed by atoms with Crippen LogP contribution in [0.1, 0.15) is 35.7 Å². The summed E-state index contributed by atoms with van der Waals surface area (Å²) >= 11 is 5.94. The molecule has 4 aromatic rings. The van der Waals surface area contributed by atoms with Crippen LogP contribution in [0.3, 0.4) is 0 Å². The molecule has 0 aliphatic carbocycles. The average molecular weight is 430 g/mol. The van der Waals surface area contributed by atoms with E-state index in [2.05, 4.69) is 15.1 Å². The van der Waals surface area contributed by atoms with Gasteiger partial charge in [-0.2, -0.15) is 4.98 Å². The molecule has 10 nitrogen and oxygen atoms in total. The maximum Gasteiger partial charge on any atom is 0.421 e. The highest BCUT2D eigenvalue weighted by atomic mass is 35.5. The van der Waals surface area contributed by atoms with Gasteiger partial charge in [-0.15, -0.1) is 0 Å². The van der Waals surface area contributed by atoms with Crippen LogP contribution >= 0.6 is 11.6 Å². The van der Waals surface area contributed by atoms with Crippen molar-refractivity contribution in [3.8, 4) is 0 Å². The van der Waals surface area contributed by atoms with Gasteiger partial charge in [0.1, 0.15) is 12.9 Å². The summed E-state index contributed by atoms with van der Waals surface area (Å²) in [7, 11) is 1.45. The van der Waals surface area contributed by atoms with Crippen molar-refractivity contribution < 1.29 is 13.7 Å². The molecule has 1 fully saturated rings. The van der Waals surface area contributed by atoms with Crippen LogP contribution in [0.5, 0.6) is 0 Å². The summed E-state index contributed by atoms with van der Waals surface area (Å²) in [6, 6.07) is 7.54. The third-order valence-electron chi connectivity index (χ3n) is 5.17. The number of rotatable bonds is 4. The molecule has 0 amide bonds. The van der Waals surface area contributed by atoms with Gasteiger partial charge < -0.3 is 13.7 Å². The van der Waals surface area contributed by atoms with Crippen molar-refractivity contribution in [2.24, 2.45) is 7.05 Å². The van der Waals surface area contributed by atoms with Crippen LogP contribution in [0, 0.1) is 0 Å². The van der Waals surface area contributed by atoms with Crippen LogP contribution in [-0.4, -0.2) is 30.9 Å². The predicted molar refractivity (Wildman–Crippen MR) is 104 cm³/mol. The number of aromatic nitrogens is 5. The SMILES string of the molecule is Cn1c(=O)oc2ncn(Cc3nc(C4COC(c5ccc(Cl)cc5)C4)no3)c(=O)c21. The van der Waals surface area contributed by atoms with E-state index in [9.17, 15) is 9.59 Å². The first-order valence-corrected chi connectivity index (χ1v) is 9.62. The second-order valence-corrected chi connectivity index (χ2v) is 7.55. The minimum Gasteiger partial charge on any atom is -0.388 e. The van der Waals surface area contributed by atoms with E-state index in [0.29, 0.717) is 23.9 Å². The van der Waals surface area contributed by atoms with Gasteiger partial charge in [-0.25, -0.2) is 9.78 Å². The molecule has 0 saturated carbocycles. The second kappa shape index (κ2) is 7.22. The maximum atomic E-state index is 12.6. The van der Waals surface area contributed by atoms with E-state index in [1.807, 2.05) is 24.3 Å². The summed E-state index contributed by atoms with van der Waals surface area (Å²) < 4.78 is 18.5. The standard InChI is InChI=1S/C19H16ClN5O5/c1-24-15-17(29-19(24)27)21-9-25(18(15)26)7-14-22-16(23-30-14)11-6-13(28-8-11)10-2-4-12(20)5-3-10/h2-5,9,11,13H,6-8H2,1H3. The number of aryl methyl sites for hydroxylation is 1. The topological polar surface area (TPSA) is 118 Å². The third-order valence-corrected chi connectivity index (χ3v) is 5.42. The van der Waals surface area contributed by atoms with Crippen molar-refractivity contribution in [2.45, 2.75) is 25.0 Å². The molecule has 2 unspecified atom stereocenters. The monoisotopic (exact) mass is 429 g/mol. The molecule has 1 aliphatic rings. The number of ether oxygens (including phenoxy) is 1. The van der Waals surface area contributed by atoms with Crippen molar-refractivity contribution in [3.05, 3.63) is 73.8 Å². The lowest BCUT2D eigenvalue weighted by molar-refractivity contribution is 0.110. The molecular formula is C19H16ClN5O5. The van der Waals surface area contributed by atoms with E-state index >= 15 is 0 Å². The lowest BCUT2D eigenvalue weighted by atomic mass is 10.0. The predicted octanol–water partition coefficient (Wildman–Crippen LogP) is 2.02. The van der Waals surface area contributed by atoms with E-state index < -0.39 is 11.3 Å². The molecule has 1 aliphatic heterocycles. The van der Waals surface area contributed by atoms with Crippen molar-refractivity contribution >= 4 is 22.8 Å². The number of oxazole rings is 1. The first-order valence-electron chi connectivity index (χ1n) is 9.24. The molecule has 4 heterocycles. The molecule has 1 saturated heterocycles. The molecule has 1 aromatic carbocycles. The van der Waals surface area contributed by atoms with Crippen molar-refractivity contribution in [1.82, 2.24) is 24.3 Å². The maximum absolute atomic E-state index is 12.6. The summed E-state index contributed by atoms with van der Waals surface area (Å²) in [5.41, 5.74) is 0.686. The zero-order valence-corrected chi connectivity index (χ0v) is 16.6. The highest BCUT2D eigenvalue weighted by molar-refractivity contribution is 6.30. The Morgan fingerprint density at radius 2 is 2.03 bits per heavy atom. The van der Waals surface area contributed by atoms with Gasteiger partial charge in [0, 0.05) is 18.0 Å². The molecule has 0 radical (unpaired) electrons. The number of hydrogen-bond acceptors (Lipinski definition) is 8. The van der Waals surface area contributed by atoms with E-state index in [-0.39, 0.29) is 35.7 Å². The fourth-order valence-corrected chi connectivity index (χ4v) is 3.67. The van der Waals surface area contributed by atoms with Crippen LogP contribution < -0.4 is 11.3 Å². The Bertz CT molecular complexity index is 1340. The molecule has 11 heteroatoms. The minimum absolute atomic E-state index is 0.00804. The van der Waals surface area contributed by atoms with Crippen LogP contribution in [-0.2, 0) is 18.3 Å². The van der Waals surface area contributed by atoms with Crippen LogP contribution in [0.2, 0.25) is 5.02 Å². The van der Waals surface area contributed by atoms with Crippen LogP contribution in [0.15, 0.2) is 49.1 Å². The normalized spacial score (nSPS) is 19.0. The van der Waals surface area contributed by atoms with Crippen molar-refractivity contribution in [2.75, 3.05) is 6.61 Å². The quantitative estimate of drug-likeness (QED) is 0.483. The number of nitrogens with zero attached hydrogens (tertiary/aromatic N) is 5. The summed E-state index contributed by atoms with van der Waals surface area (Å²) in [5.74, 6) is 0.120. The van der Waals surface area contributed by atoms with Crippen LogP contribution in [0.25, 0.3) is 11.2 Å². The fraction of sp³-hybridized carbons (Fsp3) is 0.316. The Morgan fingerprint density at radius 3 is 2.83 bits per heavy atom. The van der Waals surface area contributed by atoms with E-state index in [1.165, 1.54) is 17.9 Å². The Kier molecular flexibility index (Phi) is 4.52. The fourth-order valence-electron chi connectivity index (χ4n) is 3.54. The zero-order valence-electron chi connectivity index (χ0n) is 15.8. The number of hydrogen-bond donors (Lipinski definition) is 0. The average Bonchev–Trinajstić information content (AvgIpc) is 3.45. The molecule has 3 aromatic heterocycles. The first kappa shape index (κ1) is 18.8. The smallest absolute Gasteiger partial charge is 0.388 e. The van der Waals surface area contributed by atoms with Gasteiger partial charge >= 0.3 is 5.76 Å². The van der Waals surface area contributed by atoms with Gasteiger partial charge in [-0.1, -0.05) is 28.9 Å². The Hall–Kier alpha value is -3.24. The summed E-state index contributed by atoms with van der Waals surface area (Å²) in [4.78, 5) is 32.7. The van der Waals surface area contributed by atoms with Gasteiger partial charge in [-0.05, 0) is 24.1 Å². The number of benzene rings is 1. The van der Waals surface area contributed by atoms with Crippen molar-refractivity contribution in [1.29, 1.82) is 0 Å². The lowest BCUT2D eigenvalue weighted by Gasteiger charge is -2.09. The zero-order chi connectivity index (χ0) is 20.8. The molecule has 0 N–H and O–H groups in total. The molecule has 5 rings (SSSR count). The molecule has 0 spiro atoms. The van der Waals surface area contributed by atoms with Gasteiger partial charge in [0.05, 0.1) is 12.7 Å². The number of halogens is 1. The molecule has 2 atom stereocenters. The molecule has 154 valence electrons. The van der Waals surface area contributed by atoms with Gasteiger partial charge in [0.15, 0.2) is 11.3 Å². The molecule has 30 heavy (non-hydrogen) atoms. The highest BCUT2D eigenvalue weighted by Crippen LogP contribution is 2.37. The molecular weight excluding hydrogens is 414 g/mol. The summed E-state index contributed by atoms with van der Waals surface area (Å²) in [6.45, 7) is 0.499. The largest absolute Gasteiger partial charge is 0.421 e. The Balaban J connectivity index is 1.34. The van der Waals surface area contributed by atoms with Gasteiger partial charge in [-0.3, -0.25) is 13.9 Å². The van der Waals surface area contributed by atoms with Gasteiger partial charge in [0.2, 0.25) is 5.89 Å².